The van der Waals surface area contributed by atoms with Gasteiger partial charge in [0.2, 0.25) is 0 Å². The zero-order chi connectivity index (χ0) is 17.5. The topological polar surface area (TPSA) is 78.8 Å². The first kappa shape index (κ1) is 18.0. The number of hydrogen-bond donors (Lipinski definition) is 2. The van der Waals surface area contributed by atoms with E-state index in [1.807, 2.05) is 4.90 Å². The summed E-state index contributed by atoms with van der Waals surface area (Å²) < 4.78 is 18.5. The lowest BCUT2D eigenvalue weighted by Gasteiger charge is -2.20. The zero-order valence-corrected chi connectivity index (χ0v) is 14.3. The number of nitrogens with zero attached hydrogens (tertiary/aromatic N) is 3. The average molecular weight is 337 g/mol. The fourth-order valence-electron chi connectivity index (χ4n) is 2.60. The van der Waals surface area contributed by atoms with Gasteiger partial charge in [0.15, 0.2) is 17.6 Å². The van der Waals surface area contributed by atoms with Gasteiger partial charge >= 0.3 is 5.97 Å². The molecule has 132 valence electrons. The summed E-state index contributed by atoms with van der Waals surface area (Å²) in [6.07, 6.45) is 2.44. The number of ether oxygens (including phenoxy) is 1. The highest BCUT2D eigenvalue weighted by Gasteiger charge is 2.26. The van der Waals surface area contributed by atoms with Crippen LogP contribution in [-0.2, 0) is 9.53 Å². The van der Waals surface area contributed by atoms with Gasteiger partial charge in [-0.15, -0.1) is 0 Å². The van der Waals surface area contributed by atoms with E-state index < -0.39 is 0 Å². The van der Waals surface area contributed by atoms with Gasteiger partial charge in [0, 0.05) is 38.9 Å². The molecule has 1 aromatic heterocycles. The van der Waals surface area contributed by atoms with E-state index in [0.29, 0.717) is 24.9 Å². The van der Waals surface area contributed by atoms with Crippen LogP contribution < -0.4 is 15.5 Å². The van der Waals surface area contributed by atoms with Gasteiger partial charge < -0.3 is 20.3 Å². The first-order valence-electron chi connectivity index (χ1n) is 7.95. The van der Waals surface area contributed by atoms with Gasteiger partial charge in [-0.1, -0.05) is 6.92 Å². The van der Waals surface area contributed by atoms with Crippen molar-refractivity contribution in [1.82, 2.24) is 15.6 Å². The normalized spacial score (nSPS) is 19.1. The minimum absolute atomic E-state index is 0.131. The third-order valence-corrected chi connectivity index (χ3v) is 3.97. The Kier molecular flexibility index (Phi) is 6.34. The smallest absolute Gasteiger partial charge is 0.310 e. The molecule has 0 saturated carbocycles. The molecule has 0 radical (unpaired) electrons. The van der Waals surface area contributed by atoms with Crippen molar-refractivity contribution in [1.29, 1.82) is 0 Å². The second-order valence-corrected chi connectivity index (χ2v) is 5.76. The van der Waals surface area contributed by atoms with Crippen LogP contribution in [0.15, 0.2) is 23.3 Å². The van der Waals surface area contributed by atoms with Crippen LogP contribution in [0, 0.1) is 11.7 Å². The molecule has 1 fully saturated rings. The highest BCUT2D eigenvalue weighted by Crippen LogP contribution is 2.20. The molecule has 8 heteroatoms. The number of methoxy groups -OCH3 is 1. The van der Waals surface area contributed by atoms with Crippen LogP contribution >= 0.6 is 0 Å². The molecule has 2 atom stereocenters. The molecule has 1 aromatic rings. The third kappa shape index (κ3) is 4.56. The summed E-state index contributed by atoms with van der Waals surface area (Å²) in [5.74, 6) is 0.141. The zero-order valence-electron chi connectivity index (χ0n) is 14.3. The van der Waals surface area contributed by atoms with Gasteiger partial charge in [-0.2, -0.15) is 0 Å². The van der Waals surface area contributed by atoms with Crippen LogP contribution in [0.1, 0.15) is 13.3 Å². The summed E-state index contributed by atoms with van der Waals surface area (Å²) in [5.41, 5.74) is 0. The van der Waals surface area contributed by atoms with E-state index in [9.17, 15) is 9.18 Å². The Balaban J connectivity index is 1.85. The Bertz CT molecular complexity index is 596. The van der Waals surface area contributed by atoms with Crippen molar-refractivity contribution in [3.63, 3.8) is 0 Å². The molecule has 1 saturated heterocycles. The average Bonchev–Trinajstić information content (AvgIpc) is 3.06. The predicted molar refractivity (Wildman–Crippen MR) is 90.5 cm³/mol. The minimum Gasteiger partial charge on any atom is -0.469 e. The van der Waals surface area contributed by atoms with Crippen molar-refractivity contribution in [3.05, 3.63) is 24.1 Å². The number of carbonyl (C=O) groups is 1. The highest BCUT2D eigenvalue weighted by atomic mass is 19.1. The van der Waals surface area contributed by atoms with Gasteiger partial charge in [-0.3, -0.25) is 9.79 Å². The molecule has 2 unspecified atom stereocenters. The lowest BCUT2D eigenvalue weighted by atomic mass is 10.2. The Hall–Kier alpha value is -2.38. The van der Waals surface area contributed by atoms with Gasteiger partial charge in [0.25, 0.3) is 0 Å². The highest BCUT2D eigenvalue weighted by molar-refractivity contribution is 5.81. The predicted octanol–water partition coefficient (Wildman–Crippen LogP) is 0.773. The summed E-state index contributed by atoms with van der Waals surface area (Å²) in [5, 5.41) is 6.40. The SMILES string of the molecule is CN=C(NCC(C)C(=O)OC)NC1CCN(c2ncccc2F)C1. The maximum absolute atomic E-state index is 13.8. The molecule has 0 amide bonds. The van der Waals surface area contributed by atoms with Gasteiger partial charge in [0.05, 0.1) is 13.0 Å². The Morgan fingerprint density at radius 3 is 3.08 bits per heavy atom. The first-order valence-corrected chi connectivity index (χ1v) is 7.95. The van der Waals surface area contributed by atoms with Crippen molar-refractivity contribution in [3.8, 4) is 0 Å². The monoisotopic (exact) mass is 337 g/mol. The molecule has 1 aliphatic heterocycles. The molecule has 2 heterocycles. The number of nitrogens with one attached hydrogen (secondary N) is 2. The van der Waals surface area contributed by atoms with Crippen molar-refractivity contribution in [2.45, 2.75) is 19.4 Å². The van der Waals surface area contributed by atoms with Crippen LogP contribution in [0.25, 0.3) is 0 Å². The minimum atomic E-state index is -0.312. The number of pyridine rings is 1. The second kappa shape index (κ2) is 8.47. The van der Waals surface area contributed by atoms with Crippen molar-refractivity contribution >= 4 is 17.7 Å². The number of halogens is 1. The molecular weight excluding hydrogens is 313 g/mol. The fraction of sp³-hybridized carbons (Fsp3) is 0.562. The summed E-state index contributed by atoms with van der Waals surface area (Å²) in [6, 6.07) is 3.13. The number of aromatic nitrogens is 1. The maximum Gasteiger partial charge on any atom is 0.310 e. The van der Waals surface area contributed by atoms with Crippen LogP contribution in [0.3, 0.4) is 0 Å². The van der Waals surface area contributed by atoms with Gasteiger partial charge in [0.1, 0.15) is 0 Å². The van der Waals surface area contributed by atoms with E-state index in [1.54, 1.807) is 26.2 Å². The van der Waals surface area contributed by atoms with Crippen LogP contribution in [0.2, 0.25) is 0 Å². The van der Waals surface area contributed by atoms with E-state index in [2.05, 4.69) is 20.6 Å². The van der Waals surface area contributed by atoms with E-state index in [-0.39, 0.29) is 23.7 Å². The number of hydrogen-bond acceptors (Lipinski definition) is 5. The molecule has 7 nitrogen and oxygen atoms in total. The van der Waals surface area contributed by atoms with Crippen LogP contribution in [0.5, 0.6) is 0 Å². The number of esters is 1. The lowest BCUT2D eigenvalue weighted by Crippen LogP contribution is -2.46. The molecule has 2 N–H and O–H groups in total. The second-order valence-electron chi connectivity index (χ2n) is 5.76. The Labute approximate surface area is 141 Å². The van der Waals surface area contributed by atoms with Crippen molar-refractivity contribution in [2.75, 3.05) is 38.7 Å². The van der Waals surface area contributed by atoms with Crippen LogP contribution in [0.4, 0.5) is 10.2 Å². The Morgan fingerprint density at radius 2 is 2.42 bits per heavy atom. The number of carbonyl (C=O) groups excluding carboxylic acids is 1. The maximum atomic E-state index is 13.8. The summed E-state index contributed by atoms with van der Waals surface area (Å²) in [4.78, 5) is 21.6. The quantitative estimate of drug-likeness (QED) is 0.469. The van der Waals surface area contributed by atoms with E-state index >= 15 is 0 Å². The first-order chi connectivity index (χ1) is 11.5. The third-order valence-electron chi connectivity index (χ3n) is 3.97. The molecule has 24 heavy (non-hydrogen) atoms. The summed E-state index contributed by atoms with van der Waals surface area (Å²) in [6.45, 7) is 3.58. The molecule has 0 aromatic carbocycles. The molecule has 2 rings (SSSR count). The van der Waals surface area contributed by atoms with Gasteiger partial charge in [-0.05, 0) is 18.6 Å². The number of aliphatic imine (C=N–C) groups is 1. The molecule has 0 bridgehead atoms. The summed E-state index contributed by atoms with van der Waals surface area (Å²) >= 11 is 0. The molecular formula is C16H24FN5O2. The molecule has 1 aliphatic rings. The Morgan fingerprint density at radius 1 is 1.62 bits per heavy atom. The number of rotatable bonds is 5. The van der Waals surface area contributed by atoms with Gasteiger partial charge in [-0.25, -0.2) is 9.37 Å². The largest absolute Gasteiger partial charge is 0.469 e. The fourth-order valence-corrected chi connectivity index (χ4v) is 2.60. The number of anilines is 1. The lowest BCUT2D eigenvalue weighted by molar-refractivity contribution is -0.144. The van der Waals surface area contributed by atoms with E-state index in [1.165, 1.54) is 13.2 Å². The number of guanidine groups is 1. The molecule has 0 aliphatic carbocycles. The molecule has 0 spiro atoms. The van der Waals surface area contributed by atoms with Crippen LogP contribution in [-0.4, -0.2) is 56.7 Å². The van der Waals surface area contributed by atoms with Crippen molar-refractivity contribution in [2.24, 2.45) is 10.9 Å². The van der Waals surface area contributed by atoms with Crippen molar-refractivity contribution < 1.29 is 13.9 Å². The van der Waals surface area contributed by atoms with E-state index in [0.717, 1.165) is 13.0 Å². The summed E-state index contributed by atoms with van der Waals surface area (Å²) in [7, 11) is 3.04. The van der Waals surface area contributed by atoms with E-state index in [4.69, 9.17) is 4.74 Å². The standard InChI is InChI=1S/C16H24FN5O2/c1-11(15(23)24-3)9-20-16(18-2)21-12-6-8-22(10-12)14-13(17)5-4-7-19-14/h4-5,7,11-12H,6,8-10H2,1-3H3,(H2,18,20,21).